The number of carbonyl (C=O) groups excluding carboxylic acids is 1. The topological polar surface area (TPSA) is 63.6 Å². The van der Waals surface area contributed by atoms with E-state index >= 15 is 0 Å². The number of carbonyl (C=O) groups is 2. The molecule has 4 nitrogen and oxygen atoms in total. The van der Waals surface area contributed by atoms with Crippen molar-refractivity contribution in [1.82, 2.24) is 0 Å². The molecule has 0 atom stereocenters. The van der Waals surface area contributed by atoms with Gasteiger partial charge in [0.2, 0.25) is 0 Å². The molecule has 0 aliphatic heterocycles. The van der Waals surface area contributed by atoms with Gasteiger partial charge in [0.1, 0.15) is 5.75 Å². The average Bonchev–Trinajstić information content (AvgIpc) is 3.21. The van der Waals surface area contributed by atoms with E-state index in [4.69, 9.17) is 9.84 Å². The van der Waals surface area contributed by atoms with Crippen LogP contribution >= 0.6 is 11.3 Å². The smallest absolute Gasteiger partial charge is 0.335 e. The van der Waals surface area contributed by atoms with E-state index in [1.165, 1.54) is 19.2 Å². The molecule has 2 aromatic carbocycles. The highest BCUT2D eigenvalue weighted by molar-refractivity contribution is 7.13. The molecule has 3 aromatic rings. The van der Waals surface area contributed by atoms with Crippen molar-refractivity contribution in [1.29, 1.82) is 0 Å². The van der Waals surface area contributed by atoms with Gasteiger partial charge in [-0.25, -0.2) is 4.79 Å². The van der Waals surface area contributed by atoms with E-state index in [9.17, 15) is 9.59 Å². The van der Waals surface area contributed by atoms with Crippen molar-refractivity contribution < 1.29 is 19.4 Å². The zero-order valence-corrected chi connectivity index (χ0v) is 14.9. The molecule has 0 unspecified atom stereocenters. The van der Waals surface area contributed by atoms with Crippen LogP contribution in [0.2, 0.25) is 0 Å². The molecule has 3 rings (SSSR count). The number of hydrogen-bond acceptors (Lipinski definition) is 4. The van der Waals surface area contributed by atoms with Crippen LogP contribution in [0.5, 0.6) is 5.75 Å². The van der Waals surface area contributed by atoms with Gasteiger partial charge in [-0.3, -0.25) is 4.79 Å². The summed E-state index contributed by atoms with van der Waals surface area (Å²) in [6, 6.07) is 15.5. The zero-order valence-electron chi connectivity index (χ0n) is 14.1. The monoisotopic (exact) mass is 364 g/mol. The Morgan fingerprint density at radius 2 is 1.73 bits per heavy atom. The van der Waals surface area contributed by atoms with E-state index in [1.54, 1.807) is 35.6 Å². The standard InChI is InChI=1S/C21H16O4S/c1-13(14-5-7-15(8-6-14)21(23)24)20(22)17-12-16(9-10-18(17)25-2)19-4-3-11-26-19/h3-12H,1H2,2H3,(H,23,24). The van der Waals surface area contributed by atoms with Crippen LogP contribution < -0.4 is 4.74 Å². The van der Waals surface area contributed by atoms with E-state index in [2.05, 4.69) is 6.58 Å². The third kappa shape index (κ3) is 3.43. The molecule has 1 heterocycles. The minimum atomic E-state index is -1.01. The van der Waals surface area contributed by atoms with Crippen LogP contribution in [-0.2, 0) is 0 Å². The van der Waals surface area contributed by atoms with Crippen LogP contribution in [0.1, 0.15) is 26.3 Å². The third-order valence-corrected chi connectivity index (χ3v) is 4.92. The summed E-state index contributed by atoms with van der Waals surface area (Å²) in [5, 5.41) is 11.0. The summed E-state index contributed by atoms with van der Waals surface area (Å²) < 4.78 is 5.34. The van der Waals surface area contributed by atoms with E-state index in [0.717, 1.165) is 10.4 Å². The Kier molecular flexibility index (Phi) is 5.00. The summed E-state index contributed by atoms with van der Waals surface area (Å²) in [7, 11) is 1.52. The van der Waals surface area contributed by atoms with E-state index in [0.29, 0.717) is 16.9 Å². The quantitative estimate of drug-likeness (QED) is 0.493. The SMILES string of the molecule is C=C(C(=O)c1cc(-c2cccs2)ccc1OC)c1ccc(C(=O)O)cc1. The molecule has 1 aromatic heterocycles. The number of rotatable bonds is 6. The molecule has 0 amide bonds. The average molecular weight is 364 g/mol. The van der Waals surface area contributed by atoms with Gasteiger partial charge in [-0.15, -0.1) is 11.3 Å². The van der Waals surface area contributed by atoms with Crippen LogP contribution in [0, 0.1) is 0 Å². The maximum Gasteiger partial charge on any atom is 0.335 e. The number of Topliss-reactive ketones (excluding diaryl/α,β-unsaturated/α-hetero) is 1. The summed E-state index contributed by atoms with van der Waals surface area (Å²) >= 11 is 1.59. The summed E-state index contributed by atoms with van der Waals surface area (Å²) in [6.07, 6.45) is 0. The number of benzene rings is 2. The first-order valence-corrected chi connectivity index (χ1v) is 8.68. The molecule has 0 aliphatic carbocycles. The number of methoxy groups -OCH3 is 1. The second kappa shape index (κ2) is 7.37. The van der Waals surface area contributed by atoms with Gasteiger partial charge in [0, 0.05) is 10.5 Å². The molecule has 0 bridgehead atoms. The Labute approximate surface area is 155 Å². The fourth-order valence-corrected chi connectivity index (χ4v) is 3.31. The van der Waals surface area contributed by atoms with Crippen LogP contribution in [0.3, 0.4) is 0 Å². The molecule has 0 fully saturated rings. The van der Waals surface area contributed by atoms with Crippen molar-refractivity contribution in [2.24, 2.45) is 0 Å². The minimum absolute atomic E-state index is 0.159. The van der Waals surface area contributed by atoms with E-state index in [1.807, 2.05) is 23.6 Å². The fraction of sp³-hybridized carbons (Fsp3) is 0.0476. The molecule has 26 heavy (non-hydrogen) atoms. The van der Waals surface area contributed by atoms with Gasteiger partial charge >= 0.3 is 5.97 Å². The second-order valence-corrected chi connectivity index (χ2v) is 6.53. The van der Waals surface area contributed by atoms with Crippen molar-refractivity contribution >= 4 is 28.7 Å². The maximum absolute atomic E-state index is 13.0. The lowest BCUT2D eigenvalue weighted by molar-refractivity contribution is 0.0696. The molecule has 130 valence electrons. The number of thiophene rings is 1. The molecular weight excluding hydrogens is 348 g/mol. The van der Waals surface area contributed by atoms with E-state index in [-0.39, 0.29) is 16.9 Å². The Morgan fingerprint density at radius 1 is 1.04 bits per heavy atom. The van der Waals surface area contributed by atoms with Crippen LogP contribution in [0.15, 0.2) is 66.6 Å². The minimum Gasteiger partial charge on any atom is -0.496 e. The lowest BCUT2D eigenvalue weighted by Gasteiger charge is -2.11. The number of ether oxygens (including phenoxy) is 1. The van der Waals surface area contributed by atoms with Gasteiger partial charge in [0.25, 0.3) is 0 Å². The first-order chi connectivity index (χ1) is 12.5. The van der Waals surface area contributed by atoms with Crippen LogP contribution in [0.25, 0.3) is 16.0 Å². The van der Waals surface area contributed by atoms with Gasteiger partial charge < -0.3 is 9.84 Å². The van der Waals surface area contributed by atoms with Gasteiger partial charge in [-0.05, 0) is 52.9 Å². The lowest BCUT2D eigenvalue weighted by atomic mass is 9.95. The van der Waals surface area contributed by atoms with Crippen molar-refractivity contribution in [2.45, 2.75) is 0 Å². The zero-order chi connectivity index (χ0) is 18.7. The molecule has 1 N–H and O–H groups in total. The predicted molar refractivity (Wildman–Crippen MR) is 103 cm³/mol. The number of aromatic carboxylic acids is 1. The number of carboxylic acids is 1. The number of allylic oxidation sites excluding steroid dienone is 1. The van der Waals surface area contributed by atoms with Crippen LogP contribution in [0.4, 0.5) is 0 Å². The van der Waals surface area contributed by atoms with Gasteiger partial charge in [0.05, 0.1) is 18.2 Å². The van der Waals surface area contributed by atoms with Crippen molar-refractivity contribution in [2.75, 3.05) is 7.11 Å². The molecule has 0 saturated carbocycles. The first-order valence-electron chi connectivity index (χ1n) is 7.80. The highest BCUT2D eigenvalue weighted by atomic mass is 32.1. The number of carboxylic acid groups (broad SMARTS) is 1. The highest BCUT2D eigenvalue weighted by Gasteiger charge is 2.18. The maximum atomic E-state index is 13.0. The molecule has 0 saturated heterocycles. The second-order valence-electron chi connectivity index (χ2n) is 5.58. The van der Waals surface area contributed by atoms with Crippen molar-refractivity contribution in [3.8, 4) is 16.2 Å². The number of ketones is 1. The Hall–Kier alpha value is -3.18. The molecular formula is C21H16O4S. The molecule has 5 heteroatoms. The Balaban J connectivity index is 1.96. The largest absolute Gasteiger partial charge is 0.496 e. The van der Waals surface area contributed by atoms with Gasteiger partial charge in [-0.1, -0.05) is 24.8 Å². The summed E-state index contributed by atoms with van der Waals surface area (Å²) in [5.41, 5.74) is 2.36. The summed E-state index contributed by atoms with van der Waals surface area (Å²) in [4.78, 5) is 25.0. The van der Waals surface area contributed by atoms with Crippen LogP contribution in [-0.4, -0.2) is 24.0 Å². The van der Waals surface area contributed by atoms with Gasteiger partial charge in [-0.2, -0.15) is 0 Å². The third-order valence-electron chi connectivity index (χ3n) is 4.00. The van der Waals surface area contributed by atoms with Crippen molar-refractivity contribution in [3.05, 3.63) is 83.2 Å². The normalized spacial score (nSPS) is 10.3. The molecule has 0 radical (unpaired) electrons. The van der Waals surface area contributed by atoms with E-state index < -0.39 is 5.97 Å². The first kappa shape index (κ1) is 17.6. The lowest BCUT2D eigenvalue weighted by Crippen LogP contribution is -2.05. The number of hydrogen-bond donors (Lipinski definition) is 1. The van der Waals surface area contributed by atoms with Gasteiger partial charge in [0.15, 0.2) is 5.78 Å². The predicted octanol–water partition coefficient (Wildman–Crippen LogP) is 5.02. The summed E-state index contributed by atoms with van der Waals surface area (Å²) in [5.74, 6) is -0.805. The Morgan fingerprint density at radius 3 is 2.31 bits per heavy atom. The van der Waals surface area contributed by atoms with Crippen molar-refractivity contribution in [3.63, 3.8) is 0 Å². The molecule has 0 spiro atoms. The highest BCUT2D eigenvalue weighted by Crippen LogP contribution is 2.32. The molecule has 0 aliphatic rings. The summed E-state index contributed by atoms with van der Waals surface area (Å²) in [6.45, 7) is 3.89. The fourth-order valence-electron chi connectivity index (χ4n) is 2.59. The Bertz CT molecular complexity index is 970.